The van der Waals surface area contributed by atoms with Crippen LogP contribution in [0.3, 0.4) is 0 Å². The second-order valence-electron chi connectivity index (χ2n) is 4.14. The molecule has 1 atom stereocenters. The largest absolute Gasteiger partial charge is 0.290 e. The average molecular weight is 232 g/mol. The Labute approximate surface area is 89.8 Å². The summed E-state index contributed by atoms with van der Waals surface area (Å²) in [5, 5.41) is 7.84. The Morgan fingerprint density at radius 2 is 2.00 bits per heavy atom. The zero-order valence-electron chi connectivity index (χ0n) is 8.76. The summed E-state index contributed by atoms with van der Waals surface area (Å²) in [6, 6.07) is 0.242. The molecule has 1 fully saturated rings. The summed E-state index contributed by atoms with van der Waals surface area (Å²) in [7, 11) is -3.01. The minimum atomic E-state index is -3.01. The Hall–Kier alpha value is -0.690. The third-order valence-electron chi connectivity index (χ3n) is 3.09. The Morgan fingerprint density at radius 3 is 2.47 bits per heavy atom. The average Bonchev–Trinajstić information content (AvgIpc) is 2.69. The van der Waals surface area contributed by atoms with Crippen LogP contribution in [0.25, 0.3) is 0 Å². The van der Waals surface area contributed by atoms with Crippen LogP contribution in [-0.4, -0.2) is 44.7 Å². The van der Waals surface area contributed by atoms with Gasteiger partial charge in [0, 0.05) is 13.1 Å². The van der Waals surface area contributed by atoms with Crippen molar-refractivity contribution >= 4 is 10.0 Å². The molecule has 1 saturated heterocycles. The van der Waals surface area contributed by atoms with Gasteiger partial charge in [-0.05, 0) is 18.8 Å². The predicted octanol–water partition coefficient (Wildman–Crippen LogP) is -0.00300. The molecule has 2 heterocycles. The zero-order chi connectivity index (χ0) is 10.9. The molecule has 6 nitrogen and oxygen atoms in total. The molecule has 7 heteroatoms. The Balaban J connectivity index is 1.89. The SMILES string of the molecule is CS(=O)(=O)N1CCC(C2CNN=N2)CC1. The van der Waals surface area contributed by atoms with Crippen molar-refractivity contribution in [1.82, 2.24) is 9.73 Å². The minimum absolute atomic E-state index is 0.242. The molecule has 0 saturated carbocycles. The van der Waals surface area contributed by atoms with E-state index in [1.54, 1.807) is 4.31 Å². The van der Waals surface area contributed by atoms with Crippen molar-refractivity contribution in [2.45, 2.75) is 18.9 Å². The first-order chi connectivity index (χ1) is 7.07. The van der Waals surface area contributed by atoms with Crippen LogP contribution in [-0.2, 0) is 10.0 Å². The van der Waals surface area contributed by atoms with Gasteiger partial charge in [-0.1, -0.05) is 5.22 Å². The first-order valence-electron chi connectivity index (χ1n) is 5.15. The fraction of sp³-hybridized carbons (Fsp3) is 1.00. The highest BCUT2D eigenvalue weighted by atomic mass is 32.2. The van der Waals surface area contributed by atoms with Crippen molar-refractivity contribution in [3.05, 3.63) is 0 Å². The van der Waals surface area contributed by atoms with Gasteiger partial charge < -0.3 is 0 Å². The normalized spacial score (nSPS) is 29.3. The van der Waals surface area contributed by atoms with Gasteiger partial charge in [0.25, 0.3) is 0 Å². The van der Waals surface area contributed by atoms with Crippen LogP contribution in [0.4, 0.5) is 0 Å². The third-order valence-corrected chi connectivity index (χ3v) is 4.39. The van der Waals surface area contributed by atoms with Crippen molar-refractivity contribution in [2.24, 2.45) is 16.3 Å². The van der Waals surface area contributed by atoms with E-state index < -0.39 is 10.0 Å². The van der Waals surface area contributed by atoms with Crippen LogP contribution in [0.5, 0.6) is 0 Å². The molecule has 15 heavy (non-hydrogen) atoms. The number of nitrogens with one attached hydrogen (secondary N) is 1. The van der Waals surface area contributed by atoms with Crippen molar-refractivity contribution in [3.8, 4) is 0 Å². The van der Waals surface area contributed by atoms with E-state index in [2.05, 4.69) is 15.8 Å². The fourth-order valence-electron chi connectivity index (χ4n) is 2.14. The molecular formula is C8H16N4O2S. The number of hydrogen-bond acceptors (Lipinski definition) is 5. The number of piperidine rings is 1. The molecule has 0 spiro atoms. The van der Waals surface area contributed by atoms with Crippen LogP contribution in [0.1, 0.15) is 12.8 Å². The van der Waals surface area contributed by atoms with Crippen LogP contribution in [0, 0.1) is 5.92 Å². The van der Waals surface area contributed by atoms with E-state index in [9.17, 15) is 8.42 Å². The summed E-state index contributed by atoms with van der Waals surface area (Å²) in [6.07, 6.45) is 3.04. The van der Waals surface area contributed by atoms with Crippen LogP contribution in [0.15, 0.2) is 10.3 Å². The molecular weight excluding hydrogens is 216 g/mol. The highest BCUT2D eigenvalue weighted by Gasteiger charge is 2.30. The lowest BCUT2D eigenvalue weighted by Gasteiger charge is -2.31. The Morgan fingerprint density at radius 1 is 1.33 bits per heavy atom. The molecule has 86 valence electrons. The lowest BCUT2D eigenvalue weighted by molar-refractivity contribution is 0.249. The summed E-state index contributed by atoms with van der Waals surface area (Å²) in [5.41, 5.74) is 2.84. The minimum Gasteiger partial charge on any atom is -0.290 e. The van der Waals surface area contributed by atoms with E-state index in [0.29, 0.717) is 19.0 Å². The van der Waals surface area contributed by atoms with Gasteiger partial charge in [-0.2, -0.15) is 5.11 Å². The van der Waals surface area contributed by atoms with Gasteiger partial charge in [0.2, 0.25) is 10.0 Å². The lowest BCUT2D eigenvalue weighted by atomic mass is 9.91. The maximum absolute atomic E-state index is 11.3. The van der Waals surface area contributed by atoms with E-state index in [-0.39, 0.29) is 6.04 Å². The van der Waals surface area contributed by atoms with Gasteiger partial charge in [-0.25, -0.2) is 12.7 Å². The third kappa shape index (κ3) is 2.46. The fourth-order valence-corrected chi connectivity index (χ4v) is 3.02. The maximum Gasteiger partial charge on any atom is 0.211 e. The quantitative estimate of drug-likeness (QED) is 0.728. The standard InChI is InChI=1S/C8H16N4O2S/c1-15(13,14)12-4-2-7(3-5-12)8-6-9-11-10-8/h7-8H,2-6H2,1H3,(H,9,10). The molecule has 1 unspecified atom stereocenters. The smallest absolute Gasteiger partial charge is 0.211 e. The van der Waals surface area contributed by atoms with Crippen molar-refractivity contribution < 1.29 is 8.42 Å². The number of sulfonamides is 1. The first-order valence-corrected chi connectivity index (χ1v) is 7.00. The van der Waals surface area contributed by atoms with Gasteiger partial charge in [0.1, 0.15) is 0 Å². The molecule has 0 bridgehead atoms. The van der Waals surface area contributed by atoms with Gasteiger partial charge >= 0.3 is 0 Å². The van der Waals surface area contributed by atoms with Gasteiger partial charge in [-0.15, -0.1) is 0 Å². The second kappa shape index (κ2) is 4.05. The number of nitrogens with zero attached hydrogens (tertiary/aromatic N) is 3. The van der Waals surface area contributed by atoms with E-state index in [0.717, 1.165) is 19.4 Å². The summed E-state index contributed by atoms with van der Waals surface area (Å²) in [6.45, 7) is 2.04. The molecule has 0 aromatic carbocycles. The monoisotopic (exact) mass is 232 g/mol. The molecule has 2 rings (SSSR count). The number of hydrogen-bond donors (Lipinski definition) is 1. The van der Waals surface area contributed by atoms with Gasteiger partial charge in [0.15, 0.2) is 0 Å². The van der Waals surface area contributed by atoms with Crippen LogP contribution >= 0.6 is 0 Å². The van der Waals surface area contributed by atoms with E-state index >= 15 is 0 Å². The molecule has 0 aliphatic carbocycles. The Bertz CT molecular complexity index is 346. The molecule has 1 N–H and O–H groups in total. The topological polar surface area (TPSA) is 74.1 Å². The molecule has 0 radical (unpaired) electrons. The Kier molecular flexibility index (Phi) is 2.92. The second-order valence-corrected chi connectivity index (χ2v) is 6.13. The molecule has 2 aliphatic rings. The molecule has 0 aromatic rings. The lowest BCUT2D eigenvalue weighted by Crippen LogP contribution is -2.41. The van der Waals surface area contributed by atoms with Gasteiger partial charge in [-0.3, -0.25) is 5.43 Å². The molecule has 0 amide bonds. The summed E-state index contributed by atoms with van der Waals surface area (Å²) in [4.78, 5) is 0. The van der Waals surface area contributed by atoms with E-state index in [1.807, 2.05) is 0 Å². The predicted molar refractivity (Wildman–Crippen MR) is 55.8 cm³/mol. The van der Waals surface area contributed by atoms with Crippen molar-refractivity contribution in [3.63, 3.8) is 0 Å². The summed E-state index contributed by atoms with van der Waals surface area (Å²) < 4.78 is 24.1. The zero-order valence-corrected chi connectivity index (χ0v) is 9.57. The van der Waals surface area contributed by atoms with E-state index in [4.69, 9.17) is 0 Å². The summed E-state index contributed by atoms with van der Waals surface area (Å²) >= 11 is 0. The van der Waals surface area contributed by atoms with Crippen LogP contribution in [0.2, 0.25) is 0 Å². The highest BCUT2D eigenvalue weighted by Crippen LogP contribution is 2.25. The maximum atomic E-state index is 11.3. The van der Waals surface area contributed by atoms with E-state index in [1.165, 1.54) is 6.26 Å². The first kappa shape index (κ1) is 10.8. The highest BCUT2D eigenvalue weighted by molar-refractivity contribution is 7.88. The van der Waals surface area contributed by atoms with Crippen molar-refractivity contribution in [2.75, 3.05) is 25.9 Å². The number of rotatable bonds is 2. The van der Waals surface area contributed by atoms with Crippen molar-refractivity contribution in [1.29, 1.82) is 0 Å². The van der Waals surface area contributed by atoms with Gasteiger partial charge in [0.05, 0.1) is 18.8 Å². The molecule has 0 aromatic heterocycles. The van der Waals surface area contributed by atoms with Crippen LogP contribution < -0.4 is 5.43 Å². The molecule has 2 aliphatic heterocycles. The summed E-state index contributed by atoms with van der Waals surface area (Å²) in [5.74, 6) is 0.474.